The Morgan fingerprint density at radius 1 is 1.26 bits per heavy atom. The van der Waals surface area contributed by atoms with Crippen LogP contribution in [0.3, 0.4) is 0 Å². The normalized spacial score (nSPS) is 30.9. The largest absolute Gasteiger partial charge is 0.341 e. The molecule has 0 aromatic carbocycles. The lowest BCUT2D eigenvalue weighted by Gasteiger charge is -2.34. The summed E-state index contributed by atoms with van der Waals surface area (Å²) in [5.74, 6) is 0.196. The molecule has 1 aliphatic carbocycles. The first-order valence-corrected chi connectivity index (χ1v) is 10.5. The second-order valence-electron chi connectivity index (χ2n) is 7.43. The van der Waals surface area contributed by atoms with Crippen molar-refractivity contribution < 1.29 is 13.2 Å². The Kier molecular flexibility index (Phi) is 6.45. The first kappa shape index (κ1) is 18.7. The SMILES string of the molecule is CC1CCC(NS(=O)(=O)CC(=O)N2CCCC(C(C)N)C2)CC1. The minimum Gasteiger partial charge on any atom is -0.341 e. The minimum atomic E-state index is -3.56. The predicted molar refractivity (Wildman–Crippen MR) is 91.3 cm³/mol. The van der Waals surface area contributed by atoms with Crippen LogP contribution in [0.1, 0.15) is 52.4 Å². The van der Waals surface area contributed by atoms with Crippen LogP contribution < -0.4 is 10.5 Å². The van der Waals surface area contributed by atoms with Crippen molar-refractivity contribution in [3.05, 3.63) is 0 Å². The monoisotopic (exact) mass is 345 g/mol. The molecule has 2 unspecified atom stereocenters. The molecule has 23 heavy (non-hydrogen) atoms. The molecule has 0 radical (unpaired) electrons. The lowest BCUT2D eigenvalue weighted by Crippen LogP contribution is -2.48. The van der Waals surface area contributed by atoms with Crippen molar-refractivity contribution in [2.45, 2.75) is 64.5 Å². The molecule has 2 aliphatic rings. The van der Waals surface area contributed by atoms with Crippen molar-refractivity contribution in [2.75, 3.05) is 18.8 Å². The van der Waals surface area contributed by atoms with Crippen LogP contribution in [0.25, 0.3) is 0 Å². The summed E-state index contributed by atoms with van der Waals surface area (Å²) in [5, 5.41) is 0. The summed E-state index contributed by atoms with van der Waals surface area (Å²) >= 11 is 0. The topological polar surface area (TPSA) is 92.5 Å². The number of sulfonamides is 1. The van der Waals surface area contributed by atoms with E-state index in [2.05, 4.69) is 11.6 Å². The number of rotatable bonds is 5. The van der Waals surface area contributed by atoms with Crippen molar-refractivity contribution in [2.24, 2.45) is 17.6 Å². The number of carbonyl (C=O) groups excluding carboxylic acids is 1. The van der Waals surface area contributed by atoms with E-state index in [-0.39, 0.29) is 23.9 Å². The Bertz CT molecular complexity index is 499. The van der Waals surface area contributed by atoms with Crippen molar-refractivity contribution in [1.82, 2.24) is 9.62 Å². The van der Waals surface area contributed by atoms with Crippen LogP contribution in [0.5, 0.6) is 0 Å². The third kappa shape index (κ3) is 5.72. The van der Waals surface area contributed by atoms with Gasteiger partial charge in [-0.1, -0.05) is 6.92 Å². The molecule has 2 atom stereocenters. The highest BCUT2D eigenvalue weighted by molar-refractivity contribution is 7.90. The minimum absolute atomic E-state index is 0.0119. The quantitative estimate of drug-likeness (QED) is 0.779. The summed E-state index contributed by atoms with van der Waals surface area (Å²) < 4.78 is 27.3. The zero-order valence-corrected chi connectivity index (χ0v) is 15.1. The average molecular weight is 346 g/mol. The average Bonchev–Trinajstić information content (AvgIpc) is 2.49. The zero-order chi connectivity index (χ0) is 17.0. The van der Waals surface area contributed by atoms with Gasteiger partial charge in [-0.05, 0) is 57.3 Å². The van der Waals surface area contributed by atoms with E-state index in [4.69, 9.17) is 5.73 Å². The van der Waals surface area contributed by atoms with Crippen LogP contribution in [0.4, 0.5) is 0 Å². The number of hydrogen-bond donors (Lipinski definition) is 2. The molecule has 1 saturated heterocycles. The highest BCUT2D eigenvalue weighted by atomic mass is 32.2. The molecule has 1 aliphatic heterocycles. The third-order valence-electron chi connectivity index (χ3n) is 5.23. The van der Waals surface area contributed by atoms with Crippen LogP contribution in [-0.4, -0.2) is 50.2 Å². The summed E-state index contributed by atoms with van der Waals surface area (Å²) in [6, 6.07) is 0.0201. The molecule has 1 saturated carbocycles. The molecule has 1 heterocycles. The van der Waals surface area contributed by atoms with Gasteiger partial charge in [0.05, 0.1) is 0 Å². The number of nitrogens with two attached hydrogens (primary N) is 1. The number of piperidine rings is 1. The highest BCUT2D eigenvalue weighted by Gasteiger charge is 2.30. The van der Waals surface area contributed by atoms with Gasteiger partial charge in [0.25, 0.3) is 0 Å². The molecule has 0 bridgehead atoms. The smallest absolute Gasteiger partial charge is 0.239 e. The maximum atomic E-state index is 12.3. The van der Waals surface area contributed by atoms with E-state index in [1.807, 2.05) is 6.92 Å². The lowest BCUT2D eigenvalue weighted by molar-refractivity contribution is -0.130. The first-order chi connectivity index (χ1) is 10.8. The van der Waals surface area contributed by atoms with Crippen molar-refractivity contribution in [3.63, 3.8) is 0 Å². The first-order valence-electron chi connectivity index (χ1n) is 8.80. The number of carbonyl (C=O) groups is 1. The van der Waals surface area contributed by atoms with E-state index in [9.17, 15) is 13.2 Å². The number of nitrogens with zero attached hydrogens (tertiary/aromatic N) is 1. The summed E-state index contributed by atoms with van der Waals surface area (Å²) in [4.78, 5) is 14.0. The van der Waals surface area contributed by atoms with Gasteiger partial charge in [-0.2, -0.15) is 0 Å². The second-order valence-corrected chi connectivity index (χ2v) is 9.19. The molecule has 2 fully saturated rings. The molecule has 0 spiro atoms. The van der Waals surface area contributed by atoms with Gasteiger partial charge < -0.3 is 10.6 Å². The predicted octanol–water partition coefficient (Wildman–Crippen LogP) is 1.07. The molecule has 2 rings (SSSR count). The van der Waals surface area contributed by atoms with Gasteiger partial charge in [-0.15, -0.1) is 0 Å². The Morgan fingerprint density at radius 2 is 1.91 bits per heavy atom. The van der Waals surface area contributed by atoms with E-state index < -0.39 is 15.8 Å². The fourth-order valence-electron chi connectivity index (χ4n) is 3.59. The Morgan fingerprint density at radius 3 is 2.52 bits per heavy atom. The van der Waals surface area contributed by atoms with Gasteiger partial charge in [0, 0.05) is 25.2 Å². The fraction of sp³-hybridized carbons (Fsp3) is 0.938. The maximum absolute atomic E-state index is 12.3. The Labute approximate surface area is 140 Å². The number of amides is 1. The number of likely N-dealkylation sites (tertiary alicyclic amines) is 1. The number of hydrogen-bond acceptors (Lipinski definition) is 4. The molecular weight excluding hydrogens is 314 g/mol. The van der Waals surface area contributed by atoms with E-state index in [0.717, 1.165) is 38.5 Å². The summed E-state index contributed by atoms with van der Waals surface area (Å²) in [6.45, 7) is 5.35. The molecule has 3 N–H and O–H groups in total. The van der Waals surface area contributed by atoms with Gasteiger partial charge in [-0.25, -0.2) is 13.1 Å². The molecular formula is C16H31N3O3S. The zero-order valence-electron chi connectivity index (χ0n) is 14.3. The van der Waals surface area contributed by atoms with Gasteiger partial charge in [0.15, 0.2) is 0 Å². The fourth-order valence-corrected chi connectivity index (χ4v) is 4.93. The Balaban J connectivity index is 1.85. The van der Waals surface area contributed by atoms with Crippen LogP contribution in [0, 0.1) is 11.8 Å². The van der Waals surface area contributed by atoms with Crippen LogP contribution in [-0.2, 0) is 14.8 Å². The van der Waals surface area contributed by atoms with Crippen LogP contribution in [0.15, 0.2) is 0 Å². The van der Waals surface area contributed by atoms with E-state index >= 15 is 0 Å². The number of nitrogens with one attached hydrogen (secondary N) is 1. The van der Waals surface area contributed by atoms with Gasteiger partial charge >= 0.3 is 0 Å². The molecule has 0 aromatic rings. The van der Waals surface area contributed by atoms with Gasteiger partial charge in [0.2, 0.25) is 15.9 Å². The standard InChI is InChI=1S/C16H31N3O3S/c1-12-5-7-15(8-6-12)18-23(21,22)11-16(20)19-9-3-4-14(10-19)13(2)17/h12-15,18H,3-11,17H2,1-2H3. The second kappa shape index (κ2) is 7.94. The van der Waals surface area contributed by atoms with Crippen molar-refractivity contribution in [1.29, 1.82) is 0 Å². The van der Waals surface area contributed by atoms with E-state index in [1.165, 1.54) is 0 Å². The van der Waals surface area contributed by atoms with Crippen LogP contribution in [0.2, 0.25) is 0 Å². The highest BCUT2D eigenvalue weighted by Crippen LogP contribution is 2.24. The molecule has 1 amide bonds. The lowest BCUT2D eigenvalue weighted by atomic mass is 9.88. The van der Waals surface area contributed by atoms with Gasteiger partial charge in [0.1, 0.15) is 5.75 Å². The molecule has 6 nitrogen and oxygen atoms in total. The molecule has 134 valence electrons. The van der Waals surface area contributed by atoms with Crippen LogP contribution >= 0.6 is 0 Å². The van der Waals surface area contributed by atoms with Crippen molar-refractivity contribution >= 4 is 15.9 Å². The third-order valence-corrected chi connectivity index (χ3v) is 6.55. The Hall–Kier alpha value is -0.660. The van der Waals surface area contributed by atoms with Crippen molar-refractivity contribution in [3.8, 4) is 0 Å². The van der Waals surface area contributed by atoms with E-state index in [0.29, 0.717) is 19.0 Å². The summed E-state index contributed by atoms with van der Waals surface area (Å²) in [5.41, 5.74) is 5.92. The molecule has 7 heteroatoms. The van der Waals surface area contributed by atoms with Gasteiger partial charge in [-0.3, -0.25) is 4.79 Å². The maximum Gasteiger partial charge on any atom is 0.239 e. The molecule has 0 aromatic heterocycles. The van der Waals surface area contributed by atoms with E-state index in [1.54, 1.807) is 4.90 Å². The summed E-state index contributed by atoms with van der Waals surface area (Å²) in [7, 11) is -3.56. The summed E-state index contributed by atoms with van der Waals surface area (Å²) in [6.07, 6.45) is 5.72.